The fraction of sp³-hybridized carbons (Fsp3) is 0.350. The second-order valence-corrected chi connectivity index (χ2v) is 6.51. The van der Waals surface area contributed by atoms with Crippen molar-refractivity contribution in [3.8, 4) is 5.75 Å². The third kappa shape index (κ3) is 3.66. The lowest BCUT2D eigenvalue weighted by atomic mass is 9.84. The van der Waals surface area contributed by atoms with Crippen molar-refractivity contribution < 1.29 is 15.0 Å². The lowest BCUT2D eigenvalue weighted by Gasteiger charge is -2.40. The summed E-state index contributed by atoms with van der Waals surface area (Å²) in [6.07, 6.45) is 2.85. The molecule has 24 heavy (non-hydrogen) atoms. The van der Waals surface area contributed by atoms with Gasteiger partial charge >= 0.3 is 0 Å². The van der Waals surface area contributed by atoms with Gasteiger partial charge in [-0.3, -0.25) is 4.90 Å². The number of likely N-dealkylation sites (tertiary alicyclic amines) is 1. The molecule has 4 nitrogen and oxygen atoms in total. The Morgan fingerprint density at radius 1 is 1.04 bits per heavy atom. The number of aldehydes is 1. The number of carbonyl (C=O) groups is 1. The van der Waals surface area contributed by atoms with Crippen molar-refractivity contribution in [1.82, 2.24) is 4.90 Å². The summed E-state index contributed by atoms with van der Waals surface area (Å²) in [4.78, 5) is 13.7. The molecule has 2 aromatic carbocycles. The number of nitrogens with zero attached hydrogens (tertiary/aromatic N) is 1. The minimum Gasteiger partial charge on any atom is -0.508 e. The highest BCUT2D eigenvalue weighted by molar-refractivity contribution is 5.58. The van der Waals surface area contributed by atoms with Gasteiger partial charge in [-0.05, 0) is 42.5 Å². The van der Waals surface area contributed by atoms with Gasteiger partial charge < -0.3 is 15.0 Å². The van der Waals surface area contributed by atoms with E-state index in [1.54, 1.807) is 12.1 Å². The van der Waals surface area contributed by atoms with Crippen molar-refractivity contribution >= 4 is 6.29 Å². The van der Waals surface area contributed by atoms with Gasteiger partial charge in [0.2, 0.25) is 0 Å². The van der Waals surface area contributed by atoms with Crippen LogP contribution in [0.15, 0.2) is 54.6 Å². The highest BCUT2D eigenvalue weighted by Gasteiger charge is 2.35. The lowest BCUT2D eigenvalue weighted by Crippen LogP contribution is -2.48. The van der Waals surface area contributed by atoms with Gasteiger partial charge in [-0.25, -0.2) is 0 Å². The zero-order chi connectivity index (χ0) is 17.0. The smallest absolute Gasteiger partial charge is 0.137 e. The molecule has 2 aromatic rings. The van der Waals surface area contributed by atoms with E-state index in [2.05, 4.69) is 4.90 Å². The Bertz CT molecular complexity index is 661. The maximum absolute atomic E-state index is 11.6. The summed E-state index contributed by atoms with van der Waals surface area (Å²) in [6, 6.07) is 16.5. The number of aliphatic hydroxyl groups is 1. The summed E-state index contributed by atoms with van der Waals surface area (Å²) < 4.78 is 0. The number of phenols is 1. The number of piperidine rings is 1. The first kappa shape index (κ1) is 16.7. The molecule has 1 unspecified atom stereocenters. The molecule has 1 saturated heterocycles. The second kappa shape index (κ2) is 7.16. The van der Waals surface area contributed by atoms with E-state index < -0.39 is 5.60 Å². The highest BCUT2D eigenvalue weighted by Crippen LogP contribution is 2.33. The van der Waals surface area contributed by atoms with Crippen LogP contribution in [-0.2, 0) is 16.8 Å². The van der Waals surface area contributed by atoms with Crippen molar-refractivity contribution in [2.75, 3.05) is 13.1 Å². The van der Waals surface area contributed by atoms with Crippen LogP contribution < -0.4 is 0 Å². The molecule has 1 heterocycles. The molecule has 1 aliphatic rings. The Hall–Kier alpha value is -2.17. The van der Waals surface area contributed by atoms with Crippen LogP contribution in [0.4, 0.5) is 0 Å². The Kier molecular flexibility index (Phi) is 4.97. The fourth-order valence-corrected chi connectivity index (χ4v) is 3.40. The third-order valence-electron chi connectivity index (χ3n) is 4.94. The Balaban J connectivity index is 1.64. The number of carbonyl (C=O) groups excluding carboxylic acids is 1. The quantitative estimate of drug-likeness (QED) is 0.829. The van der Waals surface area contributed by atoms with E-state index in [1.165, 1.54) is 0 Å². The predicted molar refractivity (Wildman–Crippen MR) is 92.8 cm³/mol. The molecular weight excluding hydrogens is 302 g/mol. The minimum absolute atomic E-state index is 0.199. The molecule has 0 bridgehead atoms. The van der Waals surface area contributed by atoms with Crippen LogP contribution in [0.25, 0.3) is 0 Å². The van der Waals surface area contributed by atoms with Crippen LogP contribution in [0.3, 0.4) is 0 Å². The van der Waals surface area contributed by atoms with E-state index in [4.69, 9.17) is 0 Å². The van der Waals surface area contributed by atoms with Crippen LogP contribution in [0, 0.1) is 0 Å². The molecule has 1 aliphatic heterocycles. The molecule has 0 aromatic heterocycles. The van der Waals surface area contributed by atoms with E-state index in [0.717, 1.165) is 17.4 Å². The van der Waals surface area contributed by atoms with Gasteiger partial charge in [0.15, 0.2) is 0 Å². The molecule has 4 heteroatoms. The number of rotatable bonds is 5. The van der Waals surface area contributed by atoms with Gasteiger partial charge in [-0.15, -0.1) is 0 Å². The standard InChI is InChI=1S/C20H23NO3/c22-15-18(14-16-6-8-19(23)9-7-16)21-12-10-20(24,11-13-21)17-4-2-1-3-5-17/h1-9,15,18,23-24H,10-14H2. The molecule has 1 atom stereocenters. The molecule has 0 radical (unpaired) electrons. The fourth-order valence-electron chi connectivity index (χ4n) is 3.40. The van der Waals surface area contributed by atoms with Gasteiger partial charge in [0.1, 0.15) is 12.0 Å². The Morgan fingerprint density at radius 2 is 1.67 bits per heavy atom. The van der Waals surface area contributed by atoms with E-state index >= 15 is 0 Å². The molecule has 1 fully saturated rings. The van der Waals surface area contributed by atoms with Crippen molar-refractivity contribution in [3.63, 3.8) is 0 Å². The number of phenolic OH excluding ortho intramolecular Hbond substituents is 1. The molecule has 0 amide bonds. The molecule has 0 spiro atoms. The maximum atomic E-state index is 11.6. The molecule has 2 N–H and O–H groups in total. The van der Waals surface area contributed by atoms with E-state index in [0.29, 0.717) is 32.4 Å². The molecular formula is C20H23NO3. The van der Waals surface area contributed by atoms with Crippen molar-refractivity contribution in [1.29, 1.82) is 0 Å². The monoisotopic (exact) mass is 325 g/mol. The molecule has 0 aliphatic carbocycles. The summed E-state index contributed by atoms with van der Waals surface area (Å²) in [6.45, 7) is 1.37. The van der Waals surface area contributed by atoms with Gasteiger partial charge in [0, 0.05) is 13.1 Å². The van der Waals surface area contributed by atoms with Crippen LogP contribution in [0.1, 0.15) is 24.0 Å². The zero-order valence-electron chi connectivity index (χ0n) is 13.6. The van der Waals surface area contributed by atoms with Crippen molar-refractivity contribution in [2.45, 2.75) is 30.9 Å². The summed E-state index contributed by atoms with van der Waals surface area (Å²) in [5.41, 5.74) is 1.17. The summed E-state index contributed by atoms with van der Waals surface area (Å²) in [5.74, 6) is 0.229. The van der Waals surface area contributed by atoms with Crippen LogP contribution in [0.2, 0.25) is 0 Å². The first-order valence-corrected chi connectivity index (χ1v) is 8.36. The highest BCUT2D eigenvalue weighted by atomic mass is 16.3. The largest absolute Gasteiger partial charge is 0.508 e. The Morgan fingerprint density at radius 3 is 2.25 bits per heavy atom. The minimum atomic E-state index is -0.802. The van der Waals surface area contributed by atoms with Crippen LogP contribution >= 0.6 is 0 Å². The number of hydrogen-bond acceptors (Lipinski definition) is 4. The number of benzene rings is 2. The molecule has 0 saturated carbocycles. The third-order valence-corrected chi connectivity index (χ3v) is 4.94. The molecule has 3 rings (SSSR count). The van der Waals surface area contributed by atoms with Crippen LogP contribution in [-0.4, -0.2) is 40.5 Å². The van der Waals surface area contributed by atoms with E-state index in [-0.39, 0.29) is 11.8 Å². The summed E-state index contributed by atoms with van der Waals surface area (Å²) in [5, 5.41) is 20.2. The second-order valence-electron chi connectivity index (χ2n) is 6.51. The van der Waals surface area contributed by atoms with Gasteiger partial charge in [-0.2, -0.15) is 0 Å². The maximum Gasteiger partial charge on any atom is 0.137 e. The average Bonchev–Trinajstić information content (AvgIpc) is 2.63. The van der Waals surface area contributed by atoms with Gasteiger partial charge in [0.25, 0.3) is 0 Å². The topological polar surface area (TPSA) is 60.8 Å². The van der Waals surface area contributed by atoms with Crippen molar-refractivity contribution in [2.24, 2.45) is 0 Å². The van der Waals surface area contributed by atoms with Gasteiger partial charge in [0.05, 0.1) is 11.6 Å². The lowest BCUT2D eigenvalue weighted by molar-refractivity contribution is -0.114. The molecule has 126 valence electrons. The van der Waals surface area contributed by atoms with Crippen LogP contribution in [0.5, 0.6) is 5.75 Å². The first-order valence-electron chi connectivity index (χ1n) is 8.36. The first-order chi connectivity index (χ1) is 11.6. The average molecular weight is 325 g/mol. The zero-order valence-corrected chi connectivity index (χ0v) is 13.6. The van der Waals surface area contributed by atoms with Gasteiger partial charge in [-0.1, -0.05) is 42.5 Å². The normalized spacial score (nSPS) is 18.9. The van der Waals surface area contributed by atoms with E-state index in [9.17, 15) is 15.0 Å². The van der Waals surface area contributed by atoms with Crippen molar-refractivity contribution in [3.05, 3.63) is 65.7 Å². The Labute approximate surface area is 142 Å². The summed E-state index contributed by atoms with van der Waals surface area (Å²) >= 11 is 0. The number of hydrogen-bond donors (Lipinski definition) is 2. The number of aromatic hydroxyl groups is 1. The predicted octanol–water partition coefficient (Wildman–Crippen LogP) is 2.49. The summed E-state index contributed by atoms with van der Waals surface area (Å²) in [7, 11) is 0. The van der Waals surface area contributed by atoms with E-state index in [1.807, 2.05) is 42.5 Å². The SMILES string of the molecule is O=CC(Cc1ccc(O)cc1)N1CCC(O)(c2ccccc2)CC1.